The van der Waals surface area contributed by atoms with Crippen molar-refractivity contribution in [1.29, 1.82) is 0 Å². The van der Waals surface area contributed by atoms with Gasteiger partial charge in [-0.15, -0.1) is 0 Å². The standard InChI is InChI=1S/C27H44N4O5/c1-7-17(5)22(26(34)31-23(27(35)36)18(6)8-2)30-25(33)21(15-19-12-10-9-11-13-19)29-24(32)20(28)14-16(3)4/h9-13,16-18,20-23H,7-8,14-15,28H2,1-6H3,(H,29,32)(H,30,33)(H,31,34)(H,35,36). The fourth-order valence-corrected chi connectivity index (χ4v) is 3.83. The van der Waals surface area contributed by atoms with Crippen molar-refractivity contribution in [2.45, 2.75) is 91.4 Å². The van der Waals surface area contributed by atoms with E-state index in [0.29, 0.717) is 19.3 Å². The minimum Gasteiger partial charge on any atom is -0.480 e. The Morgan fingerprint density at radius 1 is 0.806 bits per heavy atom. The number of carbonyl (C=O) groups is 4. The Morgan fingerprint density at radius 3 is 1.83 bits per heavy atom. The first-order valence-corrected chi connectivity index (χ1v) is 12.8. The number of aliphatic carboxylic acids is 1. The smallest absolute Gasteiger partial charge is 0.326 e. The molecule has 9 nitrogen and oxygen atoms in total. The van der Waals surface area contributed by atoms with E-state index in [1.807, 2.05) is 65.0 Å². The molecule has 6 unspecified atom stereocenters. The lowest BCUT2D eigenvalue weighted by Crippen LogP contribution is -2.59. The van der Waals surface area contributed by atoms with E-state index in [9.17, 15) is 24.3 Å². The van der Waals surface area contributed by atoms with Crippen molar-refractivity contribution in [1.82, 2.24) is 16.0 Å². The second-order valence-electron chi connectivity index (χ2n) is 10.1. The SMILES string of the molecule is CCC(C)C(NC(=O)C(NC(=O)C(Cc1ccccc1)NC(=O)C(N)CC(C)C)C(C)CC)C(=O)O. The van der Waals surface area contributed by atoms with Crippen LogP contribution in [0.4, 0.5) is 0 Å². The highest BCUT2D eigenvalue weighted by molar-refractivity contribution is 5.94. The van der Waals surface area contributed by atoms with Crippen LogP contribution in [-0.4, -0.2) is 53.0 Å². The predicted octanol–water partition coefficient (Wildman–Crippen LogP) is 2.23. The third-order valence-electron chi connectivity index (χ3n) is 6.55. The van der Waals surface area contributed by atoms with Crippen molar-refractivity contribution in [3.8, 4) is 0 Å². The van der Waals surface area contributed by atoms with Crippen LogP contribution < -0.4 is 21.7 Å². The van der Waals surface area contributed by atoms with Gasteiger partial charge in [-0.2, -0.15) is 0 Å². The zero-order valence-corrected chi connectivity index (χ0v) is 22.4. The average molecular weight is 505 g/mol. The lowest BCUT2D eigenvalue weighted by Gasteiger charge is -2.29. The van der Waals surface area contributed by atoms with Gasteiger partial charge >= 0.3 is 5.97 Å². The van der Waals surface area contributed by atoms with Crippen LogP contribution in [0.2, 0.25) is 0 Å². The molecule has 0 bridgehead atoms. The molecule has 0 aromatic heterocycles. The van der Waals surface area contributed by atoms with Crippen molar-refractivity contribution < 1.29 is 24.3 Å². The van der Waals surface area contributed by atoms with E-state index in [1.165, 1.54) is 0 Å². The van der Waals surface area contributed by atoms with Crippen LogP contribution in [0.25, 0.3) is 0 Å². The molecule has 0 aliphatic heterocycles. The number of carboxylic acids is 1. The Labute approximate surface area is 215 Å². The fraction of sp³-hybridized carbons (Fsp3) is 0.630. The number of rotatable bonds is 15. The van der Waals surface area contributed by atoms with Gasteiger partial charge in [0, 0.05) is 6.42 Å². The van der Waals surface area contributed by atoms with E-state index < -0.39 is 47.9 Å². The molecular formula is C27H44N4O5. The molecule has 6 N–H and O–H groups in total. The van der Waals surface area contributed by atoms with Crippen LogP contribution in [0, 0.1) is 17.8 Å². The Morgan fingerprint density at radius 2 is 1.33 bits per heavy atom. The van der Waals surface area contributed by atoms with Crippen molar-refractivity contribution in [3.05, 3.63) is 35.9 Å². The molecule has 1 aromatic carbocycles. The molecule has 6 atom stereocenters. The van der Waals surface area contributed by atoms with Crippen LogP contribution >= 0.6 is 0 Å². The molecular weight excluding hydrogens is 460 g/mol. The first-order chi connectivity index (χ1) is 16.9. The van der Waals surface area contributed by atoms with Gasteiger partial charge in [-0.3, -0.25) is 14.4 Å². The monoisotopic (exact) mass is 504 g/mol. The van der Waals surface area contributed by atoms with E-state index in [0.717, 1.165) is 5.56 Å². The third kappa shape index (κ3) is 9.97. The first-order valence-electron chi connectivity index (χ1n) is 12.8. The van der Waals surface area contributed by atoms with Gasteiger partial charge in [0.1, 0.15) is 18.1 Å². The van der Waals surface area contributed by atoms with Gasteiger partial charge in [0.05, 0.1) is 6.04 Å². The number of benzene rings is 1. The Bertz CT molecular complexity index is 861. The molecule has 0 aliphatic carbocycles. The van der Waals surface area contributed by atoms with E-state index >= 15 is 0 Å². The Balaban J connectivity index is 3.14. The van der Waals surface area contributed by atoms with E-state index in [2.05, 4.69) is 16.0 Å². The number of hydrogen-bond donors (Lipinski definition) is 5. The molecule has 0 fully saturated rings. The minimum atomic E-state index is -1.12. The average Bonchev–Trinajstić information content (AvgIpc) is 2.83. The third-order valence-corrected chi connectivity index (χ3v) is 6.55. The molecule has 0 saturated carbocycles. The van der Waals surface area contributed by atoms with Gasteiger partial charge < -0.3 is 26.8 Å². The maximum atomic E-state index is 13.4. The van der Waals surface area contributed by atoms with Gasteiger partial charge in [-0.25, -0.2) is 4.79 Å². The summed E-state index contributed by atoms with van der Waals surface area (Å²) in [5.41, 5.74) is 6.88. The number of nitrogens with one attached hydrogen (secondary N) is 3. The summed E-state index contributed by atoms with van der Waals surface area (Å²) in [7, 11) is 0. The number of carboxylic acid groups (broad SMARTS) is 1. The molecule has 0 spiro atoms. The molecule has 3 amide bonds. The van der Waals surface area contributed by atoms with Crippen LogP contribution in [0.1, 0.15) is 66.4 Å². The van der Waals surface area contributed by atoms with Gasteiger partial charge in [-0.05, 0) is 29.7 Å². The highest BCUT2D eigenvalue weighted by Crippen LogP contribution is 2.13. The Kier molecular flexibility index (Phi) is 13.2. The lowest BCUT2D eigenvalue weighted by molar-refractivity contribution is -0.144. The molecule has 0 aliphatic rings. The number of nitrogens with two attached hydrogens (primary N) is 1. The minimum absolute atomic E-state index is 0.207. The maximum Gasteiger partial charge on any atom is 0.326 e. The first kappa shape index (κ1) is 31.1. The van der Waals surface area contributed by atoms with Crippen molar-refractivity contribution in [2.24, 2.45) is 23.5 Å². The second kappa shape index (κ2) is 15.2. The van der Waals surface area contributed by atoms with E-state index in [-0.39, 0.29) is 24.2 Å². The molecule has 1 rings (SSSR count). The van der Waals surface area contributed by atoms with Gasteiger partial charge in [0.15, 0.2) is 0 Å². The summed E-state index contributed by atoms with van der Waals surface area (Å²) in [5.74, 6) is -3.00. The van der Waals surface area contributed by atoms with Crippen molar-refractivity contribution >= 4 is 23.7 Å². The fourth-order valence-electron chi connectivity index (χ4n) is 3.83. The Hall–Kier alpha value is -2.94. The summed E-state index contributed by atoms with van der Waals surface area (Å²) in [4.78, 5) is 51.1. The second-order valence-corrected chi connectivity index (χ2v) is 10.1. The molecule has 9 heteroatoms. The number of hydrogen-bond acceptors (Lipinski definition) is 5. The topological polar surface area (TPSA) is 151 Å². The van der Waals surface area contributed by atoms with Crippen molar-refractivity contribution in [3.63, 3.8) is 0 Å². The molecule has 0 saturated heterocycles. The quantitative estimate of drug-likeness (QED) is 0.247. The van der Waals surface area contributed by atoms with Crippen LogP contribution in [-0.2, 0) is 25.6 Å². The summed E-state index contributed by atoms with van der Waals surface area (Å²) >= 11 is 0. The van der Waals surface area contributed by atoms with Gasteiger partial charge in [0.25, 0.3) is 0 Å². The van der Waals surface area contributed by atoms with Crippen LogP contribution in [0.3, 0.4) is 0 Å². The maximum absolute atomic E-state index is 13.4. The zero-order chi connectivity index (χ0) is 27.4. The van der Waals surface area contributed by atoms with Gasteiger partial charge in [-0.1, -0.05) is 84.7 Å². The zero-order valence-electron chi connectivity index (χ0n) is 22.4. The van der Waals surface area contributed by atoms with Crippen LogP contribution in [0.5, 0.6) is 0 Å². The molecule has 1 aromatic rings. The molecule has 202 valence electrons. The summed E-state index contributed by atoms with van der Waals surface area (Å²) in [6.07, 6.45) is 1.83. The van der Waals surface area contributed by atoms with Crippen LogP contribution in [0.15, 0.2) is 30.3 Å². The summed E-state index contributed by atoms with van der Waals surface area (Å²) < 4.78 is 0. The highest BCUT2D eigenvalue weighted by Gasteiger charge is 2.34. The number of amides is 3. The predicted molar refractivity (Wildman–Crippen MR) is 140 cm³/mol. The summed E-state index contributed by atoms with van der Waals surface area (Å²) in [6, 6.07) is 5.48. The van der Waals surface area contributed by atoms with E-state index in [1.54, 1.807) is 6.92 Å². The molecule has 0 radical (unpaired) electrons. The normalized spacial score (nSPS) is 16.2. The molecule has 36 heavy (non-hydrogen) atoms. The largest absolute Gasteiger partial charge is 0.480 e. The lowest BCUT2D eigenvalue weighted by atomic mass is 9.94. The summed E-state index contributed by atoms with van der Waals surface area (Å²) in [6.45, 7) is 11.2. The van der Waals surface area contributed by atoms with E-state index in [4.69, 9.17) is 5.73 Å². The number of carbonyl (C=O) groups excluding carboxylic acids is 3. The highest BCUT2D eigenvalue weighted by atomic mass is 16.4. The van der Waals surface area contributed by atoms with Crippen molar-refractivity contribution in [2.75, 3.05) is 0 Å². The summed E-state index contributed by atoms with van der Waals surface area (Å²) in [5, 5.41) is 17.7. The molecule has 0 heterocycles. The van der Waals surface area contributed by atoms with Gasteiger partial charge in [0.2, 0.25) is 17.7 Å².